The molecule has 0 aliphatic heterocycles. The highest BCUT2D eigenvalue weighted by Gasteiger charge is 2.23. The number of nitrogens with one attached hydrogen (secondary N) is 1. The topological polar surface area (TPSA) is 81.4 Å². The summed E-state index contributed by atoms with van der Waals surface area (Å²) in [4.78, 5) is 27.0. The van der Waals surface area contributed by atoms with Gasteiger partial charge in [0.2, 0.25) is 0 Å². The molecular formula is C11H16N2O4. The molecule has 1 atom stereocenters. The second-order valence-corrected chi connectivity index (χ2v) is 3.60. The molecule has 0 aromatic carbocycles. The van der Waals surface area contributed by atoms with Crippen LogP contribution in [0.2, 0.25) is 0 Å². The van der Waals surface area contributed by atoms with E-state index in [0.717, 1.165) is 6.42 Å². The van der Waals surface area contributed by atoms with Crippen molar-refractivity contribution in [1.82, 2.24) is 10.3 Å². The molecule has 0 saturated heterocycles. The molecule has 1 heterocycles. The van der Waals surface area contributed by atoms with Crippen LogP contribution in [-0.4, -0.2) is 30.0 Å². The number of carbonyl (C=O) groups excluding carboxylic acids is 2. The third-order valence-corrected chi connectivity index (χ3v) is 2.33. The van der Waals surface area contributed by atoms with Crippen molar-refractivity contribution in [1.29, 1.82) is 0 Å². The maximum atomic E-state index is 11.8. The van der Waals surface area contributed by atoms with Crippen LogP contribution in [0, 0.1) is 6.92 Å². The highest BCUT2D eigenvalue weighted by atomic mass is 16.5. The van der Waals surface area contributed by atoms with Gasteiger partial charge in [0.15, 0.2) is 12.1 Å². The average molecular weight is 240 g/mol. The lowest BCUT2D eigenvalue weighted by Gasteiger charge is -2.14. The summed E-state index contributed by atoms with van der Waals surface area (Å²) in [6.07, 6.45) is 2.48. The third kappa shape index (κ3) is 3.30. The summed E-state index contributed by atoms with van der Waals surface area (Å²) in [5.41, 5.74) is 0.190. The van der Waals surface area contributed by atoms with E-state index in [9.17, 15) is 9.59 Å². The Morgan fingerprint density at radius 3 is 2.76 bits per heavy atom. The monoisotopic (exact) mass is 240 g/mol. The van der Waals surface area contributed by atoms with Gasteiger partial charge in [-0.3, -0.25) is 4.79 Å². The molecule has 0 fully saturated rings. The first-order valence-electron chi connectivity index (χ1n) is 5.38. The number of methoxy groups -OCH3 is 1. The standard InChI is InChI=1S/C11H16N2O4/c1-4-5-8(11(15)16-3)13-10(14)9-7(2)17-6-12-9/h6,8H,4-5H2,1-3H3,(H,13,14)/t8-/m0/s1. The molecule has 1 amide bonds. The van der Waals surface area contributed by atoms with E-state index in [2.05, 4.69) is 15.0 Å². The van der Waals surface area contributed by atoms with Crippen molar-refractivity contribution in [2.45, 2.75) is 32.7 Å². The molecule has 94 valence electrons. The highest BCUT2D eigenvalue weighted by Crippen LogP contribution is 2.06. The molecule has 0 aliphatic rings. The van der Waals surface area contributed by atoms with Crippen LogP contribution in [-0.2, 0) is 9.53 Å². The maximum absolute atomic E-state index is 11.8. The molecule has 0 saturated carbocycles. The summed E-state index contributed by atoms with van der Waals surface area (Å²) in [5.74, 6) is -0.468. The lowest BCUT2D eigenvalue weighted by molar-refractivity contribution is -0.143. The quantitative estimate of drug-likeness (QED) is 0.778. The Labute approximate surface area is 99.4 Å². The van der Waals surface area contributed by atoms with Crippen molar-refractivity contribution in [2.75, 3.05) is 7.11 Å². The molecule has 1 aromatic rings. The van der Waals surface area contributed by atoms with Gasteiger partial charge in [-0.1, -0.05) is 13.3 Å². The Hall–Kier alpha value is -1.85. The molecule has 0 aliphatic carbocycles. The first kappa shape index (κ1) is 13.2. The van der Waals surface area contributed by atoms with Gasteiger partial charge < -0.3 is 14.5 Å². The summed E-state index contributed by atoms with van der Waals surface area (Å²) in [5, 5.41) is 2.58. The van der Waals surface area contributed by atoms with E-state index in [1.165, 1.54) is 13.5 Å². The molecule has 17 heavy (non-hydrogen) atoms. The Bertz CT molecular complexity index is 400. The van der Waals surface area contributed by atoms with E-state index in [4.69, 9.17) is 4.42 Å². The Kier molecular flexibility index (Phi) is 4.68. The van der Waals surface area contributed by atoms with Crippen molar-refractivity contribution in [3.05, 3.63) is 17.8 Å². The molecule has 1 rings (SSSR count). The molecule has 0 radical (unpaired) electrons. The fourth-order valence-corrected chi connectivity index (χ4v) is 1.43. The fraction of sp³-hybridized carbons (Fsp3) is 0.545. The second-order valence-electron chi connectivity index (χ2n) is 3.60. The molecule has 1 aromatic heterocycles. The molecule has 0 bridgehead atoms. The van der Waals surface area contributed by atoms with E-state index in [1.54, 1.807) is 6.92 Å². The molecule has 0 spiro atoms. The van der Waals surface area contributed by atoms with Crippen LogP contribution in [0.15, 0.2) is 10.8 Å². The summed E-state index contributed by atoms with van der Waals surface area (Å²) < 4.78 is 9.54. The molecule has 0 unspecified atom stereocenters. The number of ether oxygens (including phenoxy) is 1. The number of aromatic nitrogens is 1. The zero-order valence-corrected chi connectivity index (χ0v) is 10.1. The molecule has 1 N–H and O–H groups in total. The average Bonchev–Trinajstić information content (AvgIpc) is 2.73. The van der Waals surface area contributed by atoms with Crippen LogP contribution in [0.1, 0.15) is 36.0 Å². The van der Waals surface area contributed by atoms with E-state index >= 15 is 0 Å². The van der Waals surface area contributed by atoms with Gasteiger partial charge in [0.1, 0.15) is 11.8 Å². The number of esters is 1. The summed E-state index contributed by atoms with van der Waals surface area (Å²) in [6, 6.07) is -0.645. The van der Waals surface area contributed by atoms with Gasteiger partial charge in [0.25, 0.3) is 5.91 Å². The summed E-state index contributed by atoms with van der Waals surface area (Å²) >= 11 is 0. The van der Waals surface area contributed by atoms with E-state index in [0.29, 0.717) is 12.2 Å². The van der Waals surface area contributed by atoms with E-state index < -0.39 is 17.9 Å². The zero-order valence-electron chi connectivity index (χ0n) is 10.1. The molecular weight excluding hydrogens is 224 g/mol. The predicted octanol–water partition coefficient (Wildman–Crippen LogP) is 1.05. The molecule has 6 nitrogen and oxygen atoms in total. The van der Waals surface area contributed by atoms with Crippen molar-refractivity contribution >= 4 is 11.9 Å². The lowest BCUT2D eigenvalue weighted by atomic mass is 10.1. The van der Waals surface area contributed by atoms with Crippen LogP contribution in [0.3, 0.4) is 0 Å². The SMILES string of the molecule is CCC[C@H](NC(=O)c1ncoc1C)C(=O)OC. The molecule has 6 heteroatoms. The van der Waals surface area contributed by atoms with Gasteiger partial charge in [-0.25, -0.2) is 9.78 Å². The van der Waals surface area contributed by atoms with Crippen LogP contribution in [0.5, 0.6) is 0 Å². The van der Waals surface area contributed by atoms with Gasteiger partial charge in [0, 0.05) is 0 Å². The van der Waals surface area contributed by atoms with Crippen LogP contribution < -0.4 is 5.32 Å². The smallest absolute Gasteiger partial charge is 0.328 e. The number of aryl methyl sites for hydroxylation is 1. The normalized spacial score (nSPS) is 11.9. The number of amides is 1. The van der Waals surface area contributed by atoms with Gasteiger partial charge in [-0.15, -0.1) is 0 Å². The van der Waals surface area contributed by atoms with Crippen molar-refractivity contribution in [3.63, 3.8) is 0 Å². The predicted molar refractivity (Wildman–Crippen MR) is 59.4 cm³/mol. The largest absolute Gasteiger partial charge is 0.467 e. The van der Waals surface area contributed by atoms with Crippen molar-refractivity contribution in [3.8, 4) is 0 Å². The second kappa shape index (κ2) is 6.03. The zero-order chi connectivity index (χ0) is 12.8. The van der Waals surface area contributed by atoms with Gasteiger partial charge in [-0.05, 0) is 13.3 Å². The fourth-order valence-electron chi connectivity index (χ4n) is 1.43. The Balaban J connectivity index is 2.71. The Morgan fingerprint density at radius 2 is 2.29 bits per heavy atom. The Morgan fingerprint density at radius 1 is 1.59 bits per heavy atom. The van der Waals surface area contributed by atoms with Crippen molar-refractivity contribution < 1.29 is 18.7 Å². The number of nitrogens with zero attached hydrogens (tertiary/aromatic N) is 1. The minimum absolute atomic E-state index is 0.190. The van der Waals surface area contributed by atoms with Gasteiger partial charge in [-0.2, -0.15) is 0 Å². The number of hydrogen-bond acceptors (Lipinski definition) is 5. The van der Waals surface area contributed by atoms with Crippen LogP contribution in [0.4, 0.5) is 0 Å². The van der Waals surface area contributed by atoms with Crippen LogP contribution in [0.25, 0.3) is 0 Å². The highest BCUT2D eigenvalue weighted by molar-refractivity contribution is 5.95. The van der Waals surface area contributed by atoms with E-state index in [-0.39, 0.29) is 5.69 Å². The van der Waals surface area contributed by atoms with Crippen molar-refractivity contribution in [2.24, 2.45) is 0 Å². The minimum atomic E-state index is -0.645. The van der Waals surface area contributed by atoms with Crippen LogP contribution >= 0.6 is 0 Å². The number of rotatable bonds is 5. The number of hydrogen-bond donors (Lipinski definition) is 1. The number of carbonyl (C=O) groups is 2. The minimum Gasteiger partial charge on any atom is -0.467 e. The van der Waals surface area contributed by atoms with Gasteiger partial charge in [0.05, 0.1) is 7.11 Å². The maximum Gasteiger partial charge on any atom is 0.328 e. The number of oxazole rings is 1. The summed E-state index contributed by atoms with van der Waals surface area (Å²) in [6.45, 7) is 3.55. The first-order chi connectivity index (χ1) is 8.10. The summed E-state index contributed by atoms with van der Waals surface area (Å²) in [7, 11) is 1.29. The third-order valence-electron chi connectivity index (χ3n) is 2.33. The first-order valence-corrected chi connectivity index (χ1v) is 5.38. The van der Waals surface area contributed by atoms with Gasteiger partial charge >= 0.3 is 5.97 Å². The van der Waals surface area contributed by atoms with E-state index in [1.807, 2.05) is 6.92 Å². The lowest BCUT2D eigenvalue weighted by Crippen LogP contribution is -2.41.